The maximum atomic E-state index is 11.4. The molecule has 0 aromatic heterocycles. The highest BCUT2D eigenvalue weighted by Crippen LogP contribution is 2.40. The number of carboxylic acid groups (broad SMARTS) is 2. The summed E-state index contributed by atoms with van der Waals surface area (Å²) >= 11 is 0. The van der Waals surface area contributed by atoms with E-state index in [4.69, 9.17) is 5.11 Å². The minimum Gasteiger partial charge on any atom is -0.481 e. The van der Waals surface area contributed by atoms with Gasteiger partial charge in [0.2, 0.25) is 5.69 Å². The van der Waals surface area contributed by atoms with E-state index in [0.717, 1.165) is 0 Å². The van der Waals surface area contributed by atoms with Crippen molar-refractivity contribution in [3.63, 3.8) is 0 Å². The van der Waals surface area contributed by atoms with Crippen molar-refractivity contribution in [2.45, 2.75) is 12.8 Å². The molecule has 0 radical (unpaired) electrons. The molecule has 1 atom stereocenters. The minimum atomic E-state index is -1.57. The molecule has 162 valence electrons. The number of aromatic carboxylic acids is 1. The Morgan fingerprint density at radius 2 is 1.56 bits per heavy atom. The van der Waals surface area contributed by atoms with Gasteiger partial charge in [-0.25, -0.2) is 4.79 Å². The highest BCUT2D eigenvalue weighted by Gasteiger charge is 2.29. The molecule has 0 aliphatic heterocycles. The largest absolute Gasteiger partial charge is 0.481 e. The number of azo groups is 1. The van der Waals surface area contributed by atoms with Crippen LogP contribution < -0.4 is 0 Å². The molecular formula is C20H14N4O8. The molecule has 0 saturated heterocycles. The quantitative estimate of drug-likeness (QED) is 0.294. The van der Waals surface area contributed by atoms with Crippen molar-refractivity contribution in [2.24, 2.45) is 10.2 Å². The average Bonchev–Trinajstić information content (AvgIpc) is 2.75. The van der Waals surface area contributed by atoms with Crippen LogP contribution in [0.1, 0.15) is 28.8 Å². The molecule has 0 amide bonds. The number of nitro groups is 2. The molecule has 1 unspecified atom stereocenters. The van der Waals surface area contributed by atoms with Crippen molar-refractivity contribution in [3.05, 3.63) is 79.9 Å². The molecule has 2 N–H and O–H groups in total. The first-order valence-corrected chi connectivity index (χ1v) is 8.97. The van der Waals surface area contributed by atoms with Crippen LogP contribution in [0.3, 0.4) is 0 Å². The van der Waals surface area contributed by atoms with Crippen molar-refractivity contribution in [2.75, 3.05) is 0 Å². The van der Waals surface area contributed by atoms with Crippen molar-refractivity contribution in [3.8, 4) is 0 Å². The van der Waals surface area contributed by atoms with E-state index < -0.39 is 50.3 Å². The lowest BCUT2D eigenvalue weighted by molar-refractivity contribution is -0.392. The zero-order chi connectivity index (χ0) is 23.6. The first-order chi connectivity index (χ1) is 15.1. The summed E-state index contributed by atoms with van der Waals surface area (Å²) < 4.78 is 0. The van der Waals surface area contributed by atoms with Gasteiger partial charge in [-0.1, -0.05) is 30.3 Å². The summed E-state index contributed by atoms with van der Waals surface area (Å²) in [5.74, 6) is -3.31. The first kappa shape index (κ1) is 22.0. The summed E-state index contributed by atoms with van der Waals surface area (Å²) in [6.45, 7) is 1.53. The lowest BCUT2D eigenvalue weighted by atomic mass is 9.97. The molecule has 12 heteroatoms. The van der Waals surface area contributed by atoms with Crippen LogP contribution in [0.15, 0.2) is 58.8 Å². The molecule has 3 aromatic carbocycles. The van der Waals surface area contributed by atoms with Gasteiger partial charge in [0, 0.05) is 17.5 Å². The summed E-state index contributed by atoms with van der Waals surface area (Å²) in [6, 6.07) is 11.0. The molecule has 32 heavy (non-hydrogen) atoms. The highest BCUT2D eigenvalue weighted by molar-refractivity contribution is 5.94. The predicted octanol–water partition coefficient (Wildman–Crippen LogP) is 4.96. The normalized spacial score (nSPS) is 12.0. The fraction of sp³-hybridized carbons (Fsp3) is 0.100. The number of carbonyl (C=O) groups is 2. The highest BCUT2D eigenvalue weighted by atomic mass is 16.6. The Bertz CT molecular complexity index is 1280. The van der Waals surface area contributed by atoms with E-state index in [2.05, 4.69) is 10.2 Å². The van der Waals surface area contributed by atoms with Crippen LogP contribution in [-0.4, -0.2) is 32.0 Å². The van der Waals surface area contributed by atoms with E-state index >= 15 is 0 Å². The minimum absolute atomic E-state index is 0.225. The molecular weight excluding hydrogens is 424 g/mol. The van der Waals surface area contributed by atoms with E-state index in [1.54, 1.807) is 30.3 Å². The average molecular weight is 438 g/mol. The predicted molar refractivity (Wildman–Crippen MR) is 111 cm³/mol. The van der Waals surface area contributed by atoms with Crippen LogP contribution in [0, 0.1) is 20.2 Å². The number of hydrogen-bond acceptors (Lipinski definition) is 8. The van der Waals surface area contributed by atoms with Gasteiger partial charge in [-0.3, -0.25) is 25.0 Å². The Hall–Kier alpha value is -4.74. The van der Waals surface area contributed by atoms with Gasteiger partial charge in [-0.2, -0.15) is 0 Å². The number of carboxylic acids is 2. The number of benzene rings is 3. The second-order valence-electron chi connectivity index (χ2n) is 6.70. The van der Waals surface area contributed by atoms with Crippen LogP contribution in [0.4, 0.5) is 22.7 Å². The van der Waals surface area contributed by atoms with Crippen molar-refractivity contribution in [1.29, 1.82) is 0 Å². The van der Waals surface area contributed by atoms with Crippen LogP contribution in [0.2, 0.25) is 0 Å². The molecule has 12 nitrogen and oxygen atoms in total. The lowest BCUT2D eigenvalue weighted by Gasteiger charge is -2.09. The van der Waals surface area contributed by atoms with Gasteiger partial charge < -0.3 is 10.2 Å². The first-order valence-electron chi connectivity index (χ1n) is 8.97. The van der Waals surface area contributed by atoms with Crippen molar-refractivity contribution < 1.29 is 29.6 Å². The fourth-order valence-corrected chi connectivity index (χ4v) is 3.00. The van der Waals surface area contributed by atoms with Crippen LogP contribution in [0.25, 0.3) is 10.8 Å². The standard InChI is InChI=1S/C20H14N4O8/c1-10(19(25)26)11-5-6-14-12(7-11)3-2-4-15(14)21-22-18-16(23(29)30)8-13(20(27)28)9-17(18)24(31)32/h2-10H,1H3,(H,25,26)(H,27,28). The molecule has 0 fully saturated rings. The van der Waals surface area contributed by atoms with Crippen LogP contribution in [0.5, 0.6) is 0 Å². The summed E-state index contributed by atoms with van der Waals surface area (Å²) in [5, 5.41) is 49.8. The molecule has 0 spiro atoms. The van der Waals surface area contributed by atoms with E-state index in [-0.39, 0.29) is 5.69 Å². The van der Waals surface area contributed by atoms with Gasteiger partial charge >= 0.3 is 23.3 Å². The Labute approximate surface area is 178 Å². The summed E-state index contributed by atoms with van der Waals surface area (Å²) in [5.41, 5.74) is -2.31. The third-order valence-corrected chi connectivity index (χ3v) is 4.72. The van der Waals surface area contributed by atoms with E-state index in [1.165, 1.54) is 13.0 Å². The van der Waals surface area contributed by atoms with Gasteiger partial charge in [0.15, 0.2) is 0 Å². The topological polar surface area (TPSA) is 186 Å². The Morgan fingerprint density at radius 3 is 2.09 bits per heavy atom. The van der Waals surface area contributed by atoms with Gasteiger partial charge in [0.05, 0.1) is 27.0 Å². The summed E-state index contributed by atoms with van der Waals surface area (Å²) in [6.07, 6.45) is 0. The third-order valence-electron chi connectivity index (χ3n) is 4.72. The van der Waals surface area contributed by atoms with E-state index in [1.807, 2.05) is 0 Å². The number of rotatable bonds is 7. The molecule has 0 bridgehead atoms. The Morgan fingerprint density at radius 1 is 0.938 bits per heavy atom. The number of nitro benzene ring substituents is 2. The van der Waals surface area contributed by atoms with Gasteiger partial charge in [0.25, 0.3) is 0 Å². The SMILES string of the molecule is CC(C(=O)O)c1ccc2c(N=Nc3c([N+](=O)[O-])cc(C(=O)O)cc3[N+](=O)[O-])cccc2c1. The zero-order valence-electron chi connectivity index (χ0n) is 16.3. The number of nitrogens with zero attached hydrogens (tertiary/aromatic N) is 4. The van der Waals surface area contributed by atoms with Gasteiger partial charge in [0.1, 0.15) is 0 Å². The second-order valence-corrected chi connectivity index (χ2v) is 6.70. The molecule has 3 aromatic rings. The fourth-order valence-electron chi connectivity index (χ4n) is 3.00. The van der Waals surface area contributed by atoms with Crippen LogP contribution in [-0.2, 0) is 4.79 Å². The Kier molecular flexibility index (Phi) is 5.87. The third kappa shape index (κ3) is 4.23. The van der Waals surface area contributed by atoms with Crippen molar-refractivity contribution >= 4 is 45.5 Å². The molecule has 3 rings (SSSR count). The molecule has 0 aliphatic rings. The van der Waals surface area contributed by atoms with Gasteiger partial charge in [-0.05, 0) is 23.9 Å². The number of hydrogen-bond donors (Lipinski definition) is 2. The Balaban J connectivity index is 2.15. The maximum absolute atomic E-state index is 11.4. The lowest BCUT2D eigenvalue weighted by Crippen LogP contribution is -2.06. The summed E-state index contributed by atoms with van der Waals surface area (Å²) in [7, 11) is 0. The molecule has 0 heterocycles. The molecule has 0 saturated carbocycles. The summed E-state index contributed by atoms with van der Waals surface area (Å²) in [4.78, 5) is 43.2. The van der Waals surface area contributed by atoms with E-state index in [9.17, 15) is 34.9 Å². The zero-order valence-corrected chi connectivity index (χ0v) is 16.3. The van der Waals surface area contributed by atoms with Gasteiger partial charge in [-0.15, -0.1) is 10.2 Å². The number of aliphatic carboxylic acids is 1. The monoisotopic (exact) mass is 438 g/mol. The molecule has 0 aliphatic carbocycles. The second kappa shape index (κ2) is 8.55. The number of fused-ring (bicyclic) bond motifs is 1. The van der Waals surface area contributed by atoms with Crippen molar-refractivity contribution in [1.82, 2.24) is 0 Å². The van der Waals surface area contributed by atoms with E-state index in [0.29, 0.717) is 28.5 Å². The smallest absolute Gasteiger partial charge is 0.336 e. The van der Waals surface area contributed by atoms with Crippen LogP contribution >= 0.6 is 0 Å². The maximum Gasteiger partial charge on any atom is 0.336 e.